The fourth-order valence-electron chi connectivity index (χ4n) is 1.79. The maximum Gasteiger partial charge on any atom is 0.145 e. The lowest BCUT2D eigenvalue weighted by molar-refractivity contribution is 0.480. The van der Waals surface area contributed by atoms with E-state index in [1.807, 2.05) is 36.4 Å². The number of nitriles is 1. The van der Waals surface area contributed by atoms with E-state index >= 15 is 0 Å². The van der Waals surface area contributed by atoms with Crippen LogP contribution in [0.15, 0.2) is 48.5 Å². The Hall–Kier alpha value is -2.31. The smallest absolute Gasteiger partial charge is 0.145 e. The number of hydrogen-bond acceptors (Lipinski definition) is 3. The molecular weight excluding hydrogens is 236 g/mol. The zero-order valence-corrected chi connectivity index (χ0v) is 10.8. The molecule has 3 heteroatoms. The highest BCUT2D eigenvalue weighted by molar-refractivity contribution is 5.45. The van der Waals surface area contributed by atoms with Gasteiger partial charge >= 0.3 is 0 Å². The largest absolute Gasteiger partial charge is 0.456 e. The van der Waals surface area contributed by atoms with Gasteiger partial charge in [-0.1, -0.05) is 31.2 Å². The number of rotatable bonds is 4. The Kier molecular flexibility index (Phi) is 4.17. The van der Waals surface area contributed by atoms with Gasteiger partial charge in [0.05, 0.1) is 5.56 Å². The highest BCUT2D eigenvalue weighted by Gasteiger charge is 2.05. The van der Waals surface area contributed by atoms with Gasteiger partial charge in [0.2, 0.25) is 0 Å². The average molecular weight is 252 g/mol. The Morgan fingerprint density at radius 1 is 1.16 bits per heavy atom. The van der Waals surface area contributed by atoms with Crippen LogP contribution in [-0.4, -0.2) is 0 Å². The van der Waals surface area contributed by atoms with Gasteiger partial charge in [-0.2, -0.15) is 5.26 Å². The first-order valence-corrected chi connectivity index (χ1v) is 6.27. The Balaban J connectivity index is 2.18. The molecule has 0 aliphatic rings. The second-order valence-electron chi connectivity index (χ2n) is 4.29. The van der Waals surface area contributed by atoms with Crippen LogP contribution in [0.1, 0.15) is 30.5 Å². The number of nitrogens with two attached hydrogens (primary N) is 1. The molecule has 0 amide bonds. The van der Waals surface area contributed by atoms with Crippen molar-refractivity contribution >= 4 is 0 Å². The average Bonchev–Trinajstić information content (AvgIpc) is 2.48. The number of nitrogens with zero attached hydrogens (tertiary/aromatic N) is 1. The SMILES string of the molecule is CCC(N)c1ccc(Oc2ccccc2C#N)cc1. The minimum atomic E-state index is 0.0560. The summed E-state index contributed by atoms with van der Waals surface area (Å²) < 4.78 is 5.71. The summed E-state index contributed by atoms with van der Waals surface area (Å²) in [5.41, 5.74) is 7.57. The molecule has 0 saturated carbocycles. The van der Waals surface area contributed by atoms with Crippen molar-refractivity contribution in [2.24, 2.45) is 5.73 Å². The monoisotopic (exact) mass is 252 g/mol. The lowest BCUT2D eigenvalue weighted by Crippen LogP contribution is -2.08. The Labute approximate surface area is 113 Å². The Bertz CT molecular complexity index is 584. The molecule has 2 N–H and O–H groups in total. The van der Waals surface area contributed by atoms with Gasteiger partial charge in [0, 0.05) is 6.04 Å². The molecule has 0 heterocycles. The maximum absolute atomic E-state index is 9.00. The summed E-state index contributed by atoms with van der Waals surface area (Å²) in [7, 11) is 0. The highest BCUT2D eigenvalue weighted by atomic mass is 16.5. The molecule has 0 aromatic heterocycles. The van der Waals surface area contributed by atoms with Crippen molar-refractivity contribution in [3.8, 4) is 17.6 Å². The van der Waals surface area contributed by atoms with Gasteiger partial charge in [0.25, 0.3) is 0 Å². The zero-order chi connectivity index (χ0) is 13.7. The van der Waals surface area contributed by atoms with Crippen molar-refractivity contribution in [1.82, 2.24) is 0 Å². The Morgan fingerprint density at radius 3 is 2.47 bits per heavy atom. The van der Waals surface area contributed by atoms with E-state index in [-0.39, 0.29) is 6.04 Å². The van der Waals surface area contributed by atoms with Gasteiger partial charge in [0.15, 0.2) is 0 Å². The highest BCUT2D eigenvalue weighted by Crippen LogP contribution is 2.26. The molecule has 2 aromatic carbocycles. The van der Waals surface area contributed by atoms with Crippen LogP contribution in [0.25, 0.3) is 0 Å². The lowest BCUT2D eigenvalue weighted by atomic mass is 10.1. The topological polar surface area (TPSA) is 59.0 Å². The first kappa shape index (κ1) is 13.1. The molecule has 0 radical (unpaired) electrons. The van der Waals surface area contributed by atoms with E-state index in [1.165, 1.54) is 0 Å². The predicted molar refractivity (Wildman–Crippen MR) is 74.9 cm³/mol. The van der Waals surface area contributed by atoms with Crippen molar-refractivity contribution in [2.75, 3.05) is 0 Å². The van der Waals surface area contributed by atoms with Gasteiger partial charge in [0.1, 0.15) is 17.6 Å². The second-order valence-corrected chi connectivity index (χ2v) is 4.29. The number of hydrogen-bond donors (Lipinski definition) is 1. The van der Waals surface area contributed by atoms with E-state index in [9.17, 15) is 0 Å². The van der Waals surface area contributed by atoms with Crippen molar-refractivity contribution in [3.05, 3.63) is 59.7 Å². The molecule has 3 nitrogen and oxygen atoms in total. The number of ether oxygens (including phenoxy) is 1. The van der Waals surface area contributed by atoms with Crippen LogP contribution in [0.3, 0.4) is 0 Å². The summed E-state index contributed by atoms with van der Waals surface area (Å²) in [5, 5.41) is 9.00. The van der Waals surface area contributed by atoms with Crippen molar-refractivity contribution < 1.29 is 4.74 Å². The molecule has 2 rings (SSSR count). The molecule has 0 spiro atoms. The summed E-state index contributed by atoms with van der Waals surface area (Å²) in [6.07, 6.45) is 0.900. The molecule has 0 fully saturated rings. The van der Waals surface area contributed by atoms with Crippen LogP contribution in [0.2, 0.25) is 0 Å². The van der Waals surface area contributed by atoms with Crippen LogP contribution < -0.4 is 10.5 Å². The van der Waals surface area contributed by atoms with Crippen LogP contribution in [0.5, 0.6) is 11.5 Å². The lowest BCUT2D eigenvalue weighted by Gasteiger charge is -2.11. The second kappa shape index (κ2) is 6.03. The molecule has 19 heavy (non-hydrogen) atoms. The van der Waals surface area contributed by atoms with E-state index in [0.29, 0.717) is 17.1 Å². The summed E-state index contributed by atoms with van der Waals surface area (Å²) >= 11 is 0. The zero-order valence-electron chi connectivity index (χ0n) is 10.8. The standard InChI is InChI=1S/C16H16N2O/c1-2-15(18)12-7-9-14(10-8-12)19-16-6-4-3-5-13(16)11-17/h3-10,15H,2,18H2,1H3. The minimum absolute atomic E-state index is 0.0560. The van der Waals surface area contributed by atoms with E-state index in [1.54, 1.807) is 12.1 Å². The van der Waals surface area contributed by atoms with Crippen LogP contribution in [-0.2, 0) is 0 Å². The summed E-state index contributed by atoms with van der Waals surface area (Å²) in [4.78, 5) is 0. The quantitative estimate of drug-likeness (QED) is 0.901. The molecule has 1 unspecified atom stereocenters. The van der Waals surface area contributed by atoms with Crippen molar-refractivity contribution in [3.63, 3.8) is 0 Å². The van der Waals surface area contributed by atoms with E-state index < -0.39 is 0 Å². The van der Waals surface area contributed by atoms with Crippen LogP contribution >= 0.6 is 0 Å². The third-order valence-electron chi connectivity index (χ3n) is 2.98. The predicted octanol–water partition coefficient (Wildman–Crippen LogP) is 3.76. The normalized spacial score (nSPS) is 11.6. The third kappa shape index (κ3) is 3.12. The molecule has 2 aromatic rings. The maximum atomic E-state index is 9.00. The van der Waals surface area contributed by atoms with Gasteiger partial charge in [-0.25, -0.2) is 0 Å². The molecule has 0 bridgehead atoms. The van der Waals surface area contributed by atoms with Gasteiger partial charge in [-0.3, -0.25) is 0 Å². The van der Waals surface area contributed by atoms with E-state index in [4.69, 9.17) is 15.7 Å². The fourth-order valence-corrected chi connectivity index (χ4v) is 1.79. The third-order valence-corrected chi connectivity index (χ3v) is 2.98. The van der Waals surface area contributed by atoms with Gasteiger partial charge in [-0.15, -0.1) is 0 Å². The van der Waals surface area contributed by atoms with E-state index in [2.05, 4.69) is 13.0 Å². The minimum Gasteiger partial charge on any atom is -0.456 e. The summed E-state index contributed by atoms with van der Waals surface area (Å²) in [6, 6.07) is 17.0. The van der Waals surface area contributed by atoms with Crippen LogP contribution in [0, 0.1) is 11.3 Å². The fraction of sp³-hybridized carbons (Fsp3) is 0.188. The molecule has 0 saturated heterocycles. The molecule has 1 atom stereocenters. The molecular formula is C16H16N2O. The van der Waals surface area contributed by atoms with Gasteiger partial charge < -0.3 is 10.5 Å². The first-order chi connectivity index (χ1) is 9.24. The number of benzene rings is 2. The van der Waals surface area contributed by atoms with Crippen LogP contribution in [0.4, 0.5) is 0 Å². The molecule has 96 valence electrons. The summed E-state index contributed by atoms with van der Waals surface area (Å²) in [6.45, 7) is 2.05. The van der Waals surface area contributed by atoms with Crippen molar-refractivity contribution in [1.29, 1.82) is 5.26 Å². The molecule has 0 aliphatic heterocycles. The van der Waals surface area contributed by atoms with Crippen molar-refractivity contribution in [2.45, 2.75) is 19.4 Å². The van der Waals surface area contributed by atoms with E-state index in [0.717, 1.165) is 12.0 Å². The summed E-state index contributed by atoms with van der Waals surface area (Å²) in [5.74, 6) is 1.27. The first-order valence-electron chi connectivity index (χ1n) is 6.27. The molecule has 0 aliphatic carbocycles. The Morgan fingerprint density at radius 2 is 1.84 bits per heavy atom. The van der Waals surface area contributed by atoms with Gasteiger partial charge in [-0.05, 0) is 36.2 Å². The number of para-hydroxylation sites is 1.